The lowest BCUT2D eigenvalue weighted by molar-refractivity contribution is -0.140. The highest BCUT2D eigenvalue weighted by Gasteiger charge is 2.29. The van der Waals surface area contributed by atoms with Crippen molar-refractivity contribution in [2.45, 2.75) is 32.0 Å². The van der Waals surface area contributed by atoms with Gasteiger partial charge in [0.15, 0.2) is 6.29 Å². The molecular formula is C14H21F2NO4S. The molecule has 0 aliphatic rings. The van der Waals surface area contributed by atoms with Crippen LogP contribution in [0.2, 0.25) is 0 Å². The number of rotatable bonds is 9. The van der Waals surface area contributed by atoms with Gasteiger partial charge in [-0.1, -0.05) is 6.92 Å². The highest BCUT2D eigenvalue weighted by Crippen LogP contribution is 2.21. The highest BCUT2D eigenvalue weighted by atomic mass is 32.2. The Balaban J connectivity index is 3.08. The van der Waals surface area contributed by atoms with Crippen molar-refractivity contribution in [3.8, 4) is 0 Å². The van der Waals surface area contributed by atoms with E-state index in [1.54, 1.807) is 20.8 Å². The minimum Gasteiger partial charge on any atom is -0.352 e. The zero-order valence-electron chi connectivity index (χ0n) is 12.9. The predicted octanol–water partition coefficient (Wildman–Crippen LogP) is 2.37. The molecule has 0 aliphatic heterocycles. The van der Waals surface area contributed by atoms with Crippen LogP contribution in [0.1, 0.15) is 20.8 Å². The monoisotopic (exact) mass is 337 g/mol. The molecule has 0 aromatic heterocycles. The van der Waals surface area contributed by atoms with Crippen molar-refractivity contribution in [1.29, 1.82) is 0 Å². The second-order valence-electron chi connectivity index (χ2n) is 4.37. The first-order valence-corrected chi connectivity index (χ1v) is 8.49. The highest BCUT2D eigenvalue weighted by molar-refractivity contribution is 7.89. The summed E-state index contributed by atoms with van der Waals surface area (Å²) in [6.07, 6.45) is -0.763. The zero-order valence-corrected chi connectivity index (χ0v) is 13.7. The number of likely N-dealkylation sites (N-methyl/N-ethyl adjacent to an activating group) is 1. The number of hydrogen-bond donors (Lipinski definition) is 0. The average Bonchev–Trinajstić information content (AvgIpc) is 2.47. The van der Waals surface area contributed by atoms with Gasteiger partial charge in [0, 0.05) is 19.8 Å². The van der Waals surface area contributed by atoms with Crippen LogP contribution < -0.4 is 0 Å². The summed E-state index contributed by atoms with van der Waals surface area (Å²) in [6, 6.07) is 2.33. The summed E-state index contributed by atoms with van der Waals surface area (Å²) in [7, 11) is -4.18. The minimum absolute atomic E-state index is 0.0783. The average molecular weight is 337 g/mol. The van der Waals surface area contributed by atoms with Gasteiger partial charge in [-0.15, -0.1) is 0 Å². The van der Waals surface area contributed by atoms with Crippen molar-refractivity contribution in [1.82, 2.24) is 4.31 Å². The van der Waals surface area contributed by atoms with Crippen LogP contribution in [0.4, 0.5) is 8.78 Å². The molecule has 0 atom stereocenters. The van der Waals surface area contributed by atoms with Gasteiger partial charge in [0.2, 0.25) is 10.0 Å². The van der Waals surface area contributed by atoms with Crippen molar-refractivity contribution >= 4 is 10.0 Å². The van der Waals surface area contributed by atoms with E-state index in [0.29, 0.717) is 19.3 Å². The van der Waals surface area contributed by atoms with Crippen LogP contribution in [0.25, 0.3) is 0 Å². The van der Waals surface area contributed by atoms with Gasteiger partial charge in [-0.25, -0.2) is 17.2 Å². The molecule has 1 aromatic rings. The lowest BCUT2D eigenvalue weighted by Gasteiger charge is -2.25. The van der Waals surface area contributed by atoms with Crippen molar-refractivity contribution < 1.29 is 26.7 Å². The molecule has 0 fully saturated rings. The van der Waals surface area contributed by atoms with E-state index in [4.69, 9.17) is 9.47 Å². The molecule has 0 spiro atoms. The third-order valence-corrected chi connectivity index (χ3v) is 4.88. The van der Waals surface area contributed by atoms with Crippen LogP contribution in [0, 0.1) is 11.6 Å². The molecule has 0 saturated carbocycles. The lowest BCUT2D eigenvalue weighted by Crippen LogP contribution is -2.40. The molecule has 5 nitrogen and oxygen atoms in total. The van der Waals surface area contributed by atoms with E-state index in [2.05, 4.69) is 0 Å². The van der Waals surface area contributed by atoms with E-state index in [-0.39, 0.29) is 13.1 Å². The maximum absolute atomic E-state index is 13.8. The molecule has 0 aliphatic carbocycles. The quantitative estimate of drug-likeness (QED) is 0.649. The summed E-state index contributed by atoms with van der Waals surface area (Å²) in [6.45, 7) is 5.77. The Morgan fingerprint density at radius 3 is 2.23 bits per heavy atom. The molecule has 1 aromatic carbocycles. The molecule has 0 heterocycles. The number of ether oxygens (including phenoxy) is 2. The van der Waals surface area contributed by atoms with Crippen molar-refractivity contribution in [2.75, 3.05) is 26.3 Å². The Labute approximate surface area is 129 Å². The number of benzene rings is 1. The topological polar surface area (TPSA) is 55.8 Å². The Bertz CT molecular complexity index is 574. The molecule has 0 unspecified atom stereocenters. The second kappa shape index (κ2) is 8.52. The van der Waals surface area contributed by atoms with Gasteiger partial charge >= 0.3 is 0 Å². The third kappa shape index (κ3) is 4.70. The molecule has 0 N–H and O–H groups in total. The Morgan fingerprint density at radius 2 is 1.73 bits per heavy atom. The smallest absolute Gasteiger partial charge is 0.246 e. The summed E-state index contributed by atoms with van der Waals surface area (Å²) >= 11 is 0. The van der Waals surface area contributed by atoms with Gasteiger partial charge in [0.05, 0.1) is 6.54 Å². The predicted molar refractivity (Wildman–Crippen MR) is 77.8 cm³/mol. The summed E-state index contributed by atoms with van der Waals surface area (Å²) in [5, 5.41) is 0. The van der Waals surface area contributed by atoms with Gasteiger partial charge in [-0.05, 0) is 32.0 Å². The van der Waals surface area contributed by atoms with Gasteiger partial charge in [-0.2, -0.15) is 4.31 Å². The van der Waals surface area contributed by atoms with Crippen molar-refractivity contribution in [2.24, 2.45) is 0 Å². The molecule has 0 amide bonds. The largest absolute Gasteiger partial charge is 0.352 e. The van der Waals surface area contributed by atoms with Crippen LogP contribution in [-0.4, -0.2) is 45.3 Å². The first-order chi connectivity index (χ1) is 10.4. The Hall–Kier alpha value is -1.09. The SMILES string of the molecule is CCOC(CN(CC)S(=O)(=O)c1cc(F)ccc1F)OCC. The molecule has 0 radical (unpaired) electrons. The fourth-order valence-corrected chi connectivity index (χ4v) is 3.41. The van der Waals surface area contributed by atoms with E-state index >= 15 is 0 Å². The number of halogens is 2. The molecule has 1 rings (SSSR count). The number of hydrogen-bond acceptors (Lipinski definition) is 4. The van der Waals surface area contributed by atoms with Gasteiger partial charge in [-0.3, -0.25) is 0 Å². The molecule has 0 saturated heterocycles. The molecular weight excluding hydrogens is 316 g/mol. The van der Waals surface area contributed by atoms with Crippen LogP contribution in [0.3, 0.4) is 0 Å². The van der Waals surface area contributed by atoms with Gasteiger partial charge in [0.25, 0.3) is 0 Å². The minimum atomic E-state index is -4.18. The first kappa shape index (κ1) is 19.0. The van der Waals surface area contributed by atoms with Crippen LogP contribution in [0.15, 0.2) is 23.1 Å². The molecule has 126 valence electrons. The van der Waals surface area contributed by atoms with E-state index in [1.807, 2.05) is 0 Å². The third-order valence-electron chi connectivity index (χ3n) is 2.92. The maximum atomic E-state index is 13.8. The van der Waals surface area contributed by atoms with Crippen LogP contribution in [-0.2, 0) is 19.5 Å². The number of nitrogens with zero attached hydrogens (tertiary/aromatic N) is 1. The summed E-state index contributed by atoms with van der Waals surface area (Å²) < 4.78 is 63.6. The Kier molecular flexibility index (Phi) is 7.34. The van der Waals surface area contributed by atoms with Crippen LogP contribution >= 0.6 is 0 Å². The zero-order chi connectivity index (χ0) is 16.8. The van der Waals surface area contributed by atoms with E-state index in [9.17, 15) is 17.2 Å². The molecule has 8 heteroatoms. The van der Waals surface area contributed by atoms with E-state index < -0.39 is 32.8 Å². The summed E-state index contributed by atoms with van der Waals surface area (Å²) in [5.41, 5.74) is 0. The standard InChI is InChI=1S/C14H21F2NO4S/c1-4-17(10-14(20-5-2)21-6-3)22(18,19)13-9-11(15)7-8-12(13)16/h7-9,14H,4-6,10H2,1-3H3. The van der Waals surface area contributed by atoms with Gasteiger partial charge in [0.1, 0.15) is 16.5 Å². The second-order valence-corrected chi connectivity index (χ2v) is 6.28. The summed E-state index contributed by atoms with van der Waals surface area (Å²) in [5.74, 6) is -1.81. The van der Waals surface area contributed by atoms with E-state index in [0.717, 1.165) is 16.4 Å². The van der Waals surface area contributed by atoms with Crippen molar-refractivity contribution in [3.63, 3.8) is 0 Å². The summed E-state index contributed by atoms with van der Waals surface area (Å²) in [4.78, 5) is -0.693. The normalized spacial score (nSPS) is 12.3. The fraction of sp³-hybridized carbons (Fsp3) is 0.571. The number of sulfonamides is 1. The first-order valence-electron chi connectivity index (χ1n) is 7.05. The lowest BCUT2D eigenvalue weighted by atomic mass is 10.3. The Morgan fingerprint density at radius 1 is 1.14 bits per heavy atom. The maximum Gasteiger partial charge on any atom is 0.246 e. The van der Waals surface area contributed by atoms with Crippen LogP contribution in [0.5, 0.6) is 0 Å². The van der Waals surface area contributed by atoms with Crippen molar-refractivity contribution in [3.05, 3.63) is 29.8 Å². The van der Waals surface area contributed by atoms with E-state index in [1.165, 1.54) is 0 Å². The van der Waals surface area contributed by atoms with Gasteiger partial charge < -0.3 is 9.47 Å². The molecule has 0 bridgehead atoms. The molecule has 22 heavy (non-hydrogen) atoms. The fourth-order valence-electron chi connectivity index (χ4n) is 1.90.